The molecular formula is C16H15N3O3. The number of hydroxylamine groups is 1. The van der Waals surface area contributed by atoms with E-state index in [9.17, 15) is 9.59 Å². The van der Waals surface area contributed by atoms with Crippen LogP contribution in [-0.4, -0.2) is 36.3 Å². The van der Waals surface area contributed by atoms with Gasteiger partial charge in [-0.2, -0.15) is 5.48 Å². The Morgan fingerprint density at radius 2 is 2.05 bits per heavy atom. The van der Waals surface area contributed by atoms with E-state index >= 15 is 0 Å². The molecule has 0 saturated heterocycles. The third kappa shape index (κ3) is 2.00. The summed E-state index contributed by atoms with van der Waals surface area (Å²) in [6, 6.07) is 5.88. The van der Waals surface area contributed by atoms with Crippen LogP contribution in [0.3, 0.4) is 0 Å². The summed E-state index contributed by atoms with van der Waals surface area (Å²) in [6.07, 6.45) is 4.24. The van der Waals surface area contributed by atoms with Gasteiger partial charge in [-0.25, -0.2) is 0 Å². The zero-order chi connectivity index (χ0) is 15.1. The summed E-state index contributed by atoms with van der Waals surface area (Å²) in [4.78, 5) is 31.1. The molecule has 0 spiro atoms. The lowest BCUT2D eigenvalue weighted by atomic mass is 9.91. The average Bonchev–Trinajstić information content (AvgIpc) is 3.01. The van der Waals surface area contributed by atoms with E-state index in [1.165, 1.54) is 6.08 Å². The van der Waals surface area contributed by atoms with Gasteiger partial charge >= 0.3 is 0 Å². The first-order valence-corrected chi connectivity index (χ1v) is 7.26. The maximum atomic E-state index is 12.2. The molecule has 3 heterocycles. The Labute approximate surface area is 127 Å². The second kappa shape index (κ2) is 4.99. The van der Waals surface area contributed by atoms with Crippen molar-refractivity contribution in [1.29, 1.82) is 0 Å². The van der Waals surface area contributed by atoms with Gasteiger partial charge in [-0.3, -0.25) is 9.59 Å². The monoisotopic (exact) mass is 297 g/mol. The first-order valence-electron chi connectivity index (χ1n) is 7.26. The number of hydrogen-bond acceptors (Lipinski definition) is 4. The molecule has 0 fully saturated rings. The van der Waals surface area contributed by atoms with E-state index in [0.717, 1.165) is 28.9 Å². The maximum Gasteiger partial charge on any atom is 0.246 e. The summed E-state index contributed by atoms with van der Waals surface area (Å²) in [7, 11) is 0. The molecular weight excluding hydrogens is 282 g/mol. The zero-order valence-corrected chi connectivity index (χ0v) is 11.9. The van der Waals surface area contributed by atoms with Crippen LogP contribution in [0, 0.1) is 0 Å². The van der Waals surface area contributed by atoms with Gasteiger partial charge in [0, 0.05) is 23.7 Å². The Morgan fingerprint density at radius 1 is 1.18 bits per heavy atom. The zero-order valence-electron chi connectivity index (χ0n) is 11.9. The minimum absolute atomic E-state index is 0.0477. The second-order valence-electron chi connectivity index (χ2n) is 5.39. The van der Waals surface area contributed by atoms with Gasteiger partial charge in [0.05, 0.1) is 18.8 Å². The number of carbonyl (C=O) groups excluding carboxylic acids is 2. The fourth-order valence-corrected chi connectivity index (χ4v) is 3.12. The van der Waals surface area contributed by atoms with Crippen LogP contribution in [0.2, 0.25) is 0 Å². The molecule has 6 nitrogen and oxygen atoms in total. The molecule has 112 valence electrons. The first kappa shape index (κ1) is 13.1. The minimum Gasteiger partial charge on any atom is -0.408 e. The Balaban J connectivity index is 1.86. The number of nitrogens with zero attached hydrogens (tertiary/aromatic N) is 1. The molecule has 0 atom stereocenters. The van der Waals surface area contributed by atoms with Crippen LogP contribution in [0.1, 0.15) is 16.7 Å². The maximum absolute atomic E-state index is 12.2. The van der Waals surface area contributed by atoms with Crippen molar-refractivity contribution in [3.63, 3.8) is 0 Å². The van der Waals surface area contributed by atoms with Crippen molar-refractivity contribution in [3.05, 3.63) is 47.0 Å². The molecule has 0 aliphatic carbocycles. The van der Waals surface area contributed by atoms with E-state index in [-0.39, 0.29) is 18.4 Å². The fourth-order valence-electron chi connectivity index (χ4n) is 3.12. The molecule has 0 aromatic heterocycles. The second-order valence-corrected chi connectivity index (χ2v) is 5.39. The molecule has 22 heavy (non-hydrogen) atoms. The molecule has 6 heteroatoms. The summed E-state index contributed by atoms with van der Waals surface area (Å²) in [5.74, 6) is 0.489. The lowest BCUT2D eigenvalue weighted by molar-refractivity contribution is -0.128. The first-order chi connectivity index (χ1) is 10.7. The van der Waals surface area contributed by atoms with Crippen LogP contribution in [0.5, 0.6) is 0 Å². The van der Waals surface area contributed by atoms with E-state index < -0.39 is 0 Å². The van der Waals surface area contributed by atoms with E-state index in [1.807, 2.05) is 24.3 Å². The topological polar surface area (TPSA) is 70.7 Å². The molecule has 0 saturated carbocycles. The molecule has 0 unspecified atom stereocenters. The summed E-state index contributed by atoms with van der Waals surface area (Å²) in [5, 5.41) is 2.60. The Kier molecular flexibility index (Phi) is 2.97. The normalized spacial score (nSPS) is 20.3. The third-order valence-corrected chi connectivity index (χ3v) is 4.13. The molecule has 1 aromatic rings. The molecule has 2 amide bonds. The van der Waals surface area contributed by atoms with Gasteiger partial charge in [-0.1, -0.05) is 18.2 Å². The van der Waals surface area contributed by atoms with Crippen LogP contribution in [0.4, 0.5) is 0 Å². The SMILES string of the molecule is O=C1C=C2c3cccc(C4=CCNO4)c3CCN2C(=O)CN1. The standard InChI is InChI=1S/C16H15N3O3/c20-15-8-13-11-2-1-3-12(14-4-6-18-22-14)10(11)5-7-19(13)16(21)9-17-15/h1-4,8,18H,5-7,9H2,(H,17,20). The highest BCUT2D eigenvalue weighted by molar-refractivity contribution is 6.04. The van der Waals surface area contributed by atoms with Crippen molar-refractivity contribution < 1.29 is 14.4 Å². The van der Waals surface area contributed by atoms with Crippen LogP contribution >= 0.6 is 0 Å². The van der Waals surface area contributed by atoms with Crippen molar-refractivity contribution in [2.75, 3.05) is 19.6 Å². The summed E-state index contributed by atoms with van der Waals surface area (Å²) in [5.41, 5.74) is 6.55. The number of benzene rings is 1. The number of amides is 2. The lowest BCUT2D eigenvalue weighted by Gasteiger charge is -2.31. The number of hydrogen-bond donors (Lipinski definition) is 2. The van der Waals surface area contributed by atoms with E-state index in [0.29, 0.717) is 18.8 Å². The Bertz CT molecular complexity index is 736. The molecule has 1 aromatic carbocycles. The quantitative estimate of drug-likeness (QED) is 0.788. The summed E-state index contributed by atoms with van der Waals surface area (Å²) < 4.78 is 0. The van der Waals surface area contributed by atoms with E-state index in [2.05, 4.69) is 10.8 Å². The van der Waals surface area contributed by atoms with E-state index in [4.69, 9.17) is 4.84 Å². The number of nitrogens with one attached hydrogen (secondary N) is 2. The van der Waals surface area contributed by atoms with Crippen LogP contribution in [0.25, 0.3) is 11.5 Å². The van der Waals surface area contributed by atoms with Crippen molar-refractivity contribution in [1.82, 2.24) is 15.7 Å². The van der Waals surface area contributed by atoms with Gasteiger partial charge < -0.3 is 15.1 Å². The van der Waals surface area contributed by atoms with Gasteiger partial charge in [0.2, 0.25) is 11.8 Å². The van der Waals surface area contributed by atoms with Gasteiger partial charge in [0.25, 0.3) is 0 Å². The predicted molar refractivity (Wildman–Crippen MR) is 79.9 cm³/mol. The molecule has 2 N–H and O–H groups in total. The number of carbonyl (C=O) groups is 2. The molecule has 4 rings (SSSR count). The van der Waals surface area contributed by atoms with Crippen molar-refractivity contribution in [3.8, 4) is 0 Å². The smallest absolute Gasteiger partial charge is 0.246 e. The molecule has 3 aliphatic rings. The predicted octanol–water partition coefficient (Wildman–Crippen LogP) is 0.418. The molecule has 0 bridgehead atoms. The van der Waals surface area contributed by atoms with Crippen molar-refractivity contribution >= 4 is 23.3 Å². The third-order valence-electron chi connectivity index (χ3n) is 4.13. The highest BCUT2D eigenvalue weighted by Gasteiger charge is 2.30. The van der Waals surface area contributed by atoms with Crippen LogP contribution in [0.15, 0.2) is 30.4 Å². The van der Waals surface area contributed by atoms with Crippen molar-refractivity contribution in [2.24, 2.45) is 0 Å². The molecule has 0 radical (unpaired) electrons. The summed E-state index contributed by atoms with van der Waals surface area (Å²) >= 11 is 0. The van der Waals surface area contributed by atoms with Gasteiger partial charge in [-0.15, -0.1) is 0 Å². The number of rotatable bonds is 1. The summed E-state index contributed by atoms with van der Waals surface area (Å²) in [6.45, 7) is 1.30. The lowest BCUT2D eigenvalue weighted by Crippen LogP contribution is -2.38. The van der Waals surface area contributed by atoms with Gasteiger partial charge in [0.1, 0.15) is 0 Å². The fraction of sp³-hybridized carbons (Fsp3) is 0.250. The minimum atomic E-state index is -0.234. The largest absolute Gasteiger partial charge is 0.408 e. The van der Waals surface area contributed by atoms with Gasteiger partial charge in [-0.05, 0) is 18.1 Å². The van der Waals surface area contributed by atoms with E-state index in [1.54, 1.807) is 4.90 Å². The Morgan fingerprint density at radius 3 is 2.86 bits per heavy atom. The number of fused-ring (bicyclic) bond motifs is 3. The Hall–Kier alpha value is -2.60. The van der Waals surface area contributed by atoms with Crippen LogP contribution < -0.4 is 10.8 Å². The van der Waals surface area contributed by atoms with Crippen LogP contribution in [-0.2, 0) is 20.8 Å². The molecule has 3 aliphatic heterocycles. The van der Waals surface area contributed by atoms with Gasteiger partial charge in [0.15, 0.2) is 5.76 Å². The van der Waals surface area contributed by atoms with Crippen molar-refractivity contribution in [2.45, 2.75) is 6.42 Å². The average molecular weight is 297 g/mol. The highest BCUT2D eigenvalue weighted by atomic mass is 16.7. The highest BCUT2D eigenvalue weighted by Crippen LogP contribution is 2.34.